The number of aromatic nitrogens is 1. The van der Waals surface area contributed by atoms with Crippen molar-refractivity contribution in [3.8, 4) is 12.1 Å². The first-order valence-electron chi connectivity index (χ1n) is 17.1. The van der Waals surface area contributed by atoms with Crippen LogP contribution in [0.3, 0.4) is 0 Å². The Morgan fingerprint density at radius 2 is 1.72 bits per heavy atom. The maximum Gasteiger partial charge on any atom is 0.264 e. The average molecular weight is 734 g/mol. The van der Waals surface area contributed by atoms with Crippen LogP contribution in [0.4, 0.5) is 11.5 Å². The molecule has 3 aliphatic heterocycles. The number of nitriles is 2. The second-order valence-electron chi connectivity index (χ2n) is 12.7. The Bertz CT molecular complexity index is 2100. The third-order valence-electron chi connectivity index (χ3n) is 9.48. The normalized spacial score (nSPS) is 17.8. The van der Waals surface area contributed by atoms with Gasteiger partial charge in [-0.1, -0.05) is 55.1 Å². The lowest BCUT2D eigenvalue weighted by molar-refractivity contribution is -0.136. The van der Waals surface area contributed by atoms with E-state index in [9.17, 15) is 39.3 Å². The molecule has 5 N–H and O–H groups in total. The molecule has 0 spiro atoms. The van der Waals surface area contributed by atoms with Gasteiger partial charge in [-0.2, -0.15) is 10.5 Å². The second kappa shape index (κ2) is 15.5. The van der Waals surface area contributed by atoms with Crippen molar-refractivity contribution in [3.05, 3.63) is 81.9 Å². The Hall–Kier alpha value is -6.26. The lowest BCUT2D eigenvalue weighted by Gasteiger charge is -2.34. The van der Waals surface area contributed by atoms with Crippen molar-refractivity contribution in [1.82, 2.24) is 20.5 Å². The number of nitrogens with two attached hydrogens (primary N) is 1. The van der Waals surface area contributed by atoms with Crippen LogP contribution in [-0.2, 0) is 25.6 Å². The number of pyridine rings is 1. The van der Waals surface area contributed by atoms with E-state index in [-0.39, 0.29) is 59.3 Å². The van der Waals surface area contributed by atoms with Gasteiger partial charge in [0.15, 0.2) is 0 Å². The van der Waals surface area contributed by atoms with Crippen molar-refractivity contribution in [2.45, 2.75) is 61.4 Å². The van der Waals surface area contributed by atoms with Crippen LogP contribution in [0.5, 0.6) is 0 Å². The van der Waals surface area contributed by atoms with Gasteiger partial charge in [0.05, 0.1) is 28.8 Å². The molecule has 2 unspecified atom stereocenters. The number of imide groups is 2. The Kier molecular flexibility index (Phi) is 10.7. The topological polar surface area (TPSA) is 231 Å². The molecule has 16 heteroatoms. The minimum atomic E-state index is -1.11. The molecule has 0 radical (unpaired) electrons. The molecule has 4 heterocycles. The first-order valence-corrected chi connectivity index (χ1v) is 17.9. The van der Waals surface area contributed by atoms with E-state index in [0.717, 1.165) is 16.7 Å². The maximum absolute atomic E-state index is 13.4. The molecule has 6 amide bonds. The number of amides is 6. The molecule has 1 aromatic heterocycles. The number of nitrogens with one attached hydrogen (secondary N) is 3. The van der Waals surface area contributed by atoms with Gasteiger partial charge in [0, 0.05) is 31.2 Å². The van der Waals surface area contributed by atoms with Crippen molar-refractivity contribution in [2.24, 2.45) is 5.73 Å². The molecular formula is C37H35N9O6S. The Morgan fingerprint density at radius 3 is 2.36 bits per heavy atom. The van der Waals surface area contributed by atoms with E-state index in [1.54, 1.807) is 36.4 Å². The SMILES string of the molecule is CCc1c(C#N)c(SC(C(N)=O)c2ccccc2)nc(N2CCC(NC(=O)CNc3cccc4c3C(=O)N(C3CCC(=O)NC3=O)C4=O)CC2)c1C#N. The van der Waals surface area contributed by atoms with Gasteiger partial charge in [-0.05, 0) is 48.9 Å². The summed E-state index contributed by atoms with van der Waals surface area (Å²) >= 11 is 1.08. The fraction of sp³-hybridized carbons (Fsp3) is 0.324. The van der Waals surface area contributed by atoms with E-state index in [4.69, 9.17) is 10.7 Å². The van der Waals surface area contributed by atoms with Crippen molar-refractivity contribution in [2.75, 3.05) is 29.9 Å². The lowest BCUT2D eigenvalue weighted by atomic mass is 10.00. The van der Waals surface area contributed by atoms with Crippen LogP contribution in [0.1, 0.15) is 80.8 Å². The second-order valence-corrected chi connectivity index (χ2v) is 13.8. The first-order chi connectivity index (χ1) is 25.6. The van der Waals surface area contributed by atoms with Crippen LogP contribution in [0.2, 0.25) is 0 Å². The quantitative estimate of drug-likeness (QED) is 0.164. The molecule has 0 saturated carbocycles. The van der Waals surface area contributed by atoms with Crippen molar-refractivity contribution in [1.29, 1.82) is 10.5 Å². The molecule has 53 heavy (non-hydrogen) atoms. The number of piperidine rings is 2. The predicted molar refractivity (Wildman–Crippen MR) is 192 cm³/mol. The van der Waals surface area contributed by atoms with E-state index in [0.29, 0.717) is 54.3 Å². The van der Waals surface area contributed by atoms with E-state index in [1.807, 2.05) is 17.9 Å². The molecule has 0 aliphatic carbocycles. The molecule has 6 rings (SSSR count). The maximum atomic E-state index is 13.4. The standard InChI is InChI=1S/C37H35N9O6S/c1-2-22-24(17-38)33(44-35(25(22)18-39)53-31(32(40)49)20-7-4-3-5-8-20)45-15-13-21(14-16-45)42-29(48)19-41-26-10-6-9-23-30(26)37(52)46(36(23)51)27-11-12-28(47)43-34(27)50/h3-10,21,27,31,41H,2,11-16,19H2,1H3,(H2,40,49)(H,42,48)(H,43,47,50). The van der Waals surface area contributed by atoms with E-state index >= 15 is 0 Å². The number of benzene rings is 2. The third kappa shape index (κ3) is 7.27. The molecule has 15 nitrogen and oxygen atoms in total. The van der Waals surface area contributed by atoms with Crippen molar-refractivity contribution in [3.63, 3.8) is 0 Å². The summed E-state index contributed by atoms with van der Waals surface area (Å²) in [6.45, 7) is 2.53. The highest BCUT2D eigenvalue weighted by Crippen LogP contribution is 2.40. The monoisotopic (exact) mass is 733 g/mol. The molecule has 2 atom stereocenters. The van der Waals surface area contributed by atoms with E-state index in [1.165, 1.54) is 6.07 Å². The number of carbonyl (C=O) groups is 6. The van der Waals surface area contributed by atoms with E-state index in [2.05, 4.69) is 28.1 Å². The molecule has 2 saturated heterocycles. The summed E-state index contributed by atoms with van der Waals surface area (Å²) in [6, 6.07) is 16.7. The van der Waals surface area contributed by atoms with Crippen LogP contribution >= 0.6 is 11.8 Å². The van der Waals surface area contributed by atoms with E-state index < -0.39 is 40.8 Å². The number of fused-ring (bicyclic) bond motifs is 1. The van der Waals surface area contributed by atoms with Crippen molar-refractivity contribution >= 4 is 58.7 Å². The first kappa shape index (κ1) is 36.5. The molecule has 2 aromatic carbocycles. The minimum absolute atomic E-state index is 0.00348. The van der Waals surface area contributed by atoms with Gasteiger partial charge in [0.1, 0.15) is 34.3 Å². The summed E-state index contributed by atoms with van der Waals surface area (Å²) in [5.41, 5.74) is 7.92. The average Bonchev–Trinajstić information content (AvgIpc) is 3.41. The largest absolute Gasteiger partial charge is 0.375 e. The van der Waals surface area contributed by atoms with Crippen molar-refractivity contribution < 1.29 is 28.8 Å². The van der Waals surface area contributed by atoms with Crippen LogP contribution in [0.15, 0.2) is 53.6 Å². The summed E-state index contributed by atoms with van der Waals surface area (Å²) in [5.74, 6) is -3.03. The highest BCUT2D eigenvalue weighted by atomic mass is 32.2. The molecule has 3 aliphatic rings. The van der Waals surface area contributed by atoms with Gasteiger partial charge in [0.2, 0.25) is 23.6 Å². The zero-order valence-electron chi connectivity index (χ0n) is 28.7. The van der Waals surface area contributed by atoms with Gasteiger partial charge in [-0.15, -0.1) is 0 Å². The lowest BCUT2D eigenvalue weighted by Crippen LogP contribution is -2.54. The number of carbonyl (C=O) groups excluding carboxylic acids is 6. The minimum Gasteiger partial charge on any atom is -0.375 e. The molecule has 270 valence electrons. The summed E-state index contributed by atoms with van der Waals surface area (Å²) in [5, 5.41) is 27.9. The van der Waals surface area contributed by atoms with Crippen LogP contribution in [-0.4, -0.2) is 77.0 Å². The fourth-order valence-corrected chi connectivity index (χ4v) is 7.94. The van der Waals surface area contributed by atoms with Gasteiger partial charge in [-0.3, -0.25) is 39.0 Å². The Balaban J connectivity index is 1.11. The molecule has 0 bridgehead atoms. The van der Waals surface area contributed by atoms with Gasteiger partial charge >= 0.3 is 0 Å². The number of hydrogen-bond donors (Lipinski definition) is 4. The number of thioether (sulfide) groups is 1. The Morgan fingerprint density at radius 1 is 1.00 bits per heavy atom. The highest BCUT2D eigenvalue weighted by molar-refractivity contribution is 8.00. The summed E-state index contributed by atoms with van der Waals surface area (Å²) in [6.07, 6.45) is 1.46. The number of rotatable bonds is 11. The summed E-state index contributed by atoms with van der Waals surface area (Å²) in [7, 11) is 0. The smallest absolute Gasteiger partial charge is 0.264 e. The molecule has 2 fully saturated rings. The summed E-state index contributed by atoms with van der Waals surface area (Å²) < 4.78 is 0. The summed E-state index contributed by atoms with van der Waals surface area (Å²) in [4.78, 5) is 83.8. The van der Waals surface area contributed by atoms with Gasteiger partial charge in [0.25, 0.3) is 11.8 Å². The van der Waals surface area contributed by atoms with Gasteiger partial charge < -0.3 is 21.3 Å². The van der Waals surface area contributed by atoms with Crippen LogP contribution in [0, 0.1) is 22.7 Å². The molecular weight excluding hydrogens is 699 g/mol. The molecule has 3 aromatic rings. The Labute approximate surface area is 308 Å². The van der Waals surface area contributed by atoms with Crippen LogP contribution in [0.25, 0.3) is 0 Å². The number of primary amides is 1. The highest BCUT2D eigenvalue weighted by Gasteiger charge is 2.45. The fourth-order valence-electron chi connectivity index (χ4n) is 6.88. The number of hydrogen-bond acceptors (Lipinski definition) is 12. The zero-order chi connectivity index (χ0) is 37.8. The number of anilines is 2. The third-order valence-corrected chi connectivity index (χ3v) is 10.7. The van der Waals surface area contributed by atoms with Gasteiger partial charge in [-0.25, -0.2) is 4.98 Å². The predicted octanol–water partition coefficient (Wildman–Crippen LogP) is 2.30. The zero-order valence-corrected chi connectivity index (χ0v) is 29.5. The number of nitrogens with zero attached hydrogens (tertiary/aromatic N) is 5. The van der Waals surface area contributed by atoms with Crippen LogP contribution < -0.4 is 26.6 Å².